The predicted octanol–water partition coefficient (Wildman–Crippen LogP) is 3.45. The molecule has 8 heteroatoms. The van der Waals surface area contributed by atoms with Crippen LogP contribution in [0.4, 0.5) is 13.2 Å². The number of aromatic nitrogens is 3. The standard InChI is InChI=1S/C12H9ClF3N3O/c1-6-11(7(2)20)17-18-19(6)8-3-4-10(13)9(5-8)12(14,15)16/h3-5H,1-2H3. The van der Waals surface area contributed by atoms with Crippen molar-refractivity contribution in [2.45, 2.75) is 20.0 Å². The van der Waals surface area contributed by atoms with E-state index in [9.17, 15) is 18.0 Å². The van der Waals surface area contributed by atoms with Crippen LogP contribution in [0, 0.1) is 6.92 Å². The molecule has 0 unspecified atom stereocenters. The lowest BCUT2D eigenvalue weighted by Crippen LogP contribution is -2.08. The van der Waals surface area contributed by atoms with Gasteiger partial charge in [-0.2, -0.15) is 13.2 Å². The van der Waals surface area contributed by atoms with Crippen LogP contribution >= 0.6 is 11.6 Å². The number of benzene rings is 1. The van der Waals surface area contributed by atoms with Crippen LogP contribution in [0.1, 0.15) is 28.7 Å². The van der Waals surface area contributed by atoms with Crippen LogP contribution in [0.15, 0.2) is 18.2 Å². The number of hydrogen-bond acceptors (Lipinski definition) is 3. The van der Waals surface area contributed by atoms with Crippen LogP contribution in [-0.4, -0.2) is 20.8 Å². The molecule has 0 spiro atoms. The second kappa shape index (κ2) is 4.90. The van der Waals surface area contributed by atoms with Crippen LogP contribution < -0.4 is 0 Å². The molecule has 0 saturated carbocycles. The Hall–Kier alpha value is -1.89. The first-order chi connectivity index (χ1) is 9.21. The summed E-state index contributed by atoms with van der Waals surface area (Å²) in [5, 5.41) is 6.95. The summed E-state index contributed by atoms with van der Waals surface area (Å²) in [6, 6.07) is 3.38. The molecule has 2 aromatic rings. The van der Waals surface area contributed by atoms with E-state index in [1.807, 2.05) is 0 Å². The summed E-state index contributed by atoms with van der Waals surface area (Å²) >= 11 is 5.54. The number of carbonyl (C=O) groups excluding carboxylic acids is 1. The minimum absolute atomic E-state index is 0.119. The summed E-state index contributed by atoms with van der Waals surface area (Å²) in [6.45, 7) is 2.86. The van der Waals surface area contributed by atoms with E-state index >= 15 is 0 Å². The first-order valence-corrected chi connectivity index (χ1v) is 5.90. The first-order valence-electron chi connectivity index (χ1n) is 5.52. The van der Waals surface area contributed by atoms with E-state index in [4.69, 9.17) is 11.6 Å². The van der Waals surface area contributed by atoms with E-state index < -0.39 is 16.8 Å². The van der Waals surface area contributed by atoms with E-state index in [0.29, 0.717) is 5.69 Å². The maximum Gasteiger partial charge on any atom is 0.417 e. The third-order valence-corrected chi connectivity index (χ3v) is 3.06. The number of halogens is 4. The lowest BCUT2D eigenvalue weighted by Gasteiger charge is -2.11. The smallest absolute Gasteiger partial charge is 0.293 e. The Morgan fingerprint density at radius 1 is 1.35 bits per heavy atom. The Morgan fingerprint density at radius 3 is 2.50 bits per heavy atom. The zero-order chi connectivity index (χ0) is 15.1. The molecule has 0 aliphatic rings. The summed E-state index contributed by atoms with van der Waals surface area (Å²) in [4.78, 5) is 11.3. The molecule has 0 aliphatic heterocycles. The van der Waals surface area contributed by atoms with Gasteiger partial charge in [0.25, 0.3) is 0 Å². The van der Waals surface area contributed by atoms with E-state index in [1.165, 1.54) is 17.7 Å². The molecular weight excluding hydrogens is 295 g/mol. The maximum absolute atomic E-state index is 12.8. The van der Waals surface area contributed by atoms with Crippen LogP contribution in [-0.2, 0) is 6.18 Å². The van der Waals surface area contributed by atoms with Crippen molar-refractivity contribution in [3.63, 3.8) is 0 Å². The summed E-state index contributed by atoms with van der Waals surface area (Å²) < 4.78 is 39.6. The van der Waals surface area contributed by atoms with Crippen molar-refractivity contribution in [3.05, 3.63) is 40.2 Å². The maximum atomic E-state index is 12.8. The number of alkyl halides is 3. The number of rotatable bonds is 2. The van der Waals surface area contributed by atoms with Gasteiger partial charge in [0.05, 0.1) is 22.0 Å². The lowest BCUT2D eigenvalue weighted by atomic mass is 10.2. The third-order valence-electron chi connectivity index (χ3n) is 2.73. The lowest BCUT2D eigenvalue weighted by molar-refractivity contribution is -0.137. The van der Waals surface area contributed by atoms with Crippen molar-refractivity contribution in [1.82, 2.24) is 15.0 Å². The summed E-state index contributed by atoms with van der Waals surface area (Å²) in [6.07, 6.45) is -4.56. The summed E-state index contributed by atoms with van der Waals surface area (Å²) in [5.74, 6) is -0.307. The van der Waals surface area contributed by atoms with Crippen molar-refractivity contribution in [2.75, 3.05) is 0 Å². The zero-order valence-corrected chi connectivity index (χ0v) is 11.2. The number of hydrogen-bond donors (Lipinski definition) is 0. The van der Waals surface area contributed by atoms with Crippen LogP contribution in [0.25, 0.3) is 5.69 Å². The van der Waals surface area contributed by atoms with Gasteiger partial charge < -0.3 is 0 Å². The topological polar surface area (TPSA) is 47.8 Å². The Balaban J connectivity index is 2.57. The van der Waals surface area contributed by atoms with Gasteiger partial charge in [-0.25, -0.2) is 4.68 Å². The van der Waals surface area contributed by atoms with Gasteiger partial charge in [-0.3, -0.25) is 4.79 Å². The minimum Gasteiger partial charge on any atom is -0.293 e. The molecule has 0 bridgehead atoms. The van der Waals surface area contributed by atoms with Crippen molar-refractivity contribution in [2.24, 2.45) is 0 Å². The van der Waals surface area contributed by atoms with Crippen molar-refractivity contribution < 1.29 is 18.0 Å². The fourth-order valence-electron chi connectivity index (χ4n) is 1.76. The molecule has 0 aliphatic carbocycles. The van der Waals surface area contributed by atoms with Crippen LogP contribution in [0.5, 0.6) is 0 Å². The van der Waals surface area contributed by atoms with Crippen molar-refractivity contribution in [1.29, 1.82) is 0 Å². The SMILES string of the molecule is CC(=O)c1nnn(-c2ccc(Cl)c(C(F)(F)F)c2)c1C. The largest absolute Gasteiger partial charge is 0.417 e. The molecule has 1 aromatic heterocycles. The highest BCUT2D eigenvalue weighted by atomic mass is 35.5. The van der Waals surface area contributed by atoms with Gasteiger partial charge in [0, 0.05) is 6.92 Å². The molecular formula is C12H9ClF3N3O. The monoisotopic (exact) mass is 303 g/mol. The molecule has 1 heterocycles. The molecule has 0 fully saturated rings. The summed E-state index contributed by atoms with van der Waals surface area (Å²) in [7, 11) is 0. The second-order valence-electron chi connectivity index (χ2n) is 4.15. The Kier molecular flexibility index (Phi) is 3.56. The number of ketones is 1. The highest BCUT2D eigenvalue weighted by Gasteiger charge is 2.33. The predicted molar refractivity (Wildman–Crippen MR) is 66.1 cm³/mol. The molecule has 0 saturated heterocycles. The molecule has 1 aromatic carbocycles. The molecule has 2 rings (SSSR count). The summed E-state index contributed by atoms with van der Waals surface area (Å²) in [5.41, 5.74) is -0.336. The fraction of sp³-hybridized carbons (Fsp3) is 0.250. The van der Waals surface area contributed by atoms with Gasteiger partial charge in [-0.1, -0.05) is 16.8 Å². The van der Waals surface area contributed by atoms with Crippen LogP contribution in [0.3, 0.4) is 0 Å². The van der Waals surface area contributed by atoms with Crippen molar-refractivity contribution in [3.8, 4) is 5.69 Å². The van der Waals surface area contributed by atoms with Gasteiger partial charge >= 0.3 is 6.18 Å². The molecule has 4 nitrogen and oxygen atoms in total. The molecule has 0 atom stereocenters. The Morgan fingerprint density at radius 2 is 2.00 bits per heavy atom. The van der Waals surface area contributed by atoms with E-state index in [0.717, 1.165) is 12.1 Å². The molecule has 0 radical (unpaired) electrons. The fourth-order valence-corrected chi connectivity index (χ4v) is 1.99. The first kappa shape index (κ1) is 14.5. The number of nitrogens with zero attached hydrogens (tertiary/aromatic N) is 3. The van der Waals surface area contributed by atoms with Gasteiger partial charge in [-0.05, 0) is 25.1 Å². The van der Waals surface area contributed by atoms with Gasteiger partial charge in [0.15, 0.2) is 11.5 Å². The van der Waals surface area contributed by atoms with Crippen LogP contribution in [0.2, 0.25) is 5.02 Å². The number of Topliss-reactive ketones (excluding diaryl/α,β-unsaturated/α-hetero) is 1. The van der Waals surface area contributed by atoms with E-state index in [2.05, 4.69) is 10.3 Å². The highest BCUT2D eigenvalue weighted by Crippen LogP contribution is 2.35. The zero-order valence-electron chi connectivity index (χ0n) is 10.5. The minimum atomic E-state index is -4.56. The average molecular weight is 304 g/mol. The number of carbonyl (C=O) groups is 1. The Bertz CT molecular complexity index is 679. The van der Waals surface area contributed by atoms with E-state index in [-0.39, 0.29) is 17.2 Å². The molecule has 0 N–H and O–H groups in total. The Labute approximate surface area is 117 Å². The highest BCUT2D eigenvalue weighted by molar-refractivity contribution is 6.31. The molecule has 106 valence electrons. The molecule has 0 amide bonds. The normalized spacial score (nSPS) is 11.7. The van der Waals surface area contributed by atoms with Gasteiger partial charge in [0.2, 0.25) is 0 Å². The van der Waals surface area contributed by atoms with Gasteiger partial charge in [0.1, 0.15) is 0 Å². The van der Waals surface area contributed by atoms with Gasteiger partial charge in [-0.15, -0.1) is 5.10 Å². The van der Waals surface area contributed by atoms with Crippen molar-refractivity contribution >= 4 is 17.4 Å². The average Bonchev–Trinajstić information content (AvgIpc) is 2.70. The third kappa shape index (κ3) is 2.53. The van der Waals surface area contributed by atoms with E-state index in [1.54, 1.807) is 6.92 Å². The quantitative estimate of drug-likeness (QED) is 0.798. The molecule has 20 heavy (non-hydrogen) atoms. The second-order valence-corrected chi connectivity index (χ2v) is 4.56.